The van der Waals surface area contributed by atoms with Crippen molar-refractivity contribution in [2.24, 2.45) is 0 Å². The van der Waals surface area contributed by atoms with Crippen LogP contribution in [0.4, 0.5) is 0 Å². The van der Waals surface area contributed by atoms with E-state index in [2.05, 4.69) is 6.92 Å². The summed E-state index contributed by atoms with van der Waals surface area (Å²) in [6.45, 7) is 3.49. The van der Waals surface area contributed by atoms with Crippen LogP contribution in [-0.4, -0.2) is 21.8 Å². The van der Waals surface area contributed by atoms with E-state index in [0.29, 0.717) is 6.42 Å². The Labute approximate surface area is 79.8 Å². The number of carbonyl (C=O) groups is 1. The van der Waals surface area contributed by atoms with Gasteiger partial charge in [0.05, 0.1) is 0 Å². The number of carboxylic acids is 1. The lowest BCUT2D eigenvalue weighted by molar-refractivity contribution is -0.157. The Morgan fingerprint density at radius 1 is 1.23 bits per heavy atom. The van der Waals surface area contributed by atoms with E-state index in [-0.39, 0.29) is 0 Å². The first-order chi connectivity index (χ1) is 6.00. The van der Waals surface area contributed by atoms with Crippen molar-refractivity contribution < 1.29 is 15.0 Å². The second-order valence-electron chi connectivity index (χ2n) is 3.74. The van der Waals surface area contributed by atoms with Gasteiger partial charge >= 0.3 is 5.97 Å². The van der Waals surface area contributed by atoms with Crippen LogP contribution in [0.3, 0.4) is 0 Å². The molecule has 13 heavy (non-hydrogen) atoms. The van der Waals surface area contributed by atoms with Crippen LogP contribution in [0.5, 0.6) is 0 Å². The number of aliphatic hydroxyl groups is 1. The lowest BCUT2D eigenvalue weighted by atomic mass is 9.98. The zero-order chi connectivity index (χ0) is 10.3. The van der Waals surface area contributed by atoms with E-state index >= 15 is 0 Å². The third kappa shape index (κ3) is 5.64. The highest BCUT2D eigenvalue weighted by atomic mass is 16.4. The van der Waals surface area contributed by atoms with Crippen molar-refractivity contribution in [3.63, 3.8) is 0 Å². The molecule has 0 aliphatic heterocycles. The standard InChI is InChI=1S/C10H20O3/c1-3-4-5-6-7-8-10(2,13)9(11)12/h13H,3-8H2,1-2H3,(H,11,12). The summed E-state index contributed by atoms with van der Waals surface area (Å²) < 4.78 is 0. The summed E-state index contributed by atoms with van der Waals surface area (Å²) in [4.78, 5) is 10.5. The number of rotatable bonds is 7. The van der Waals surface area contributed by atoms with Crippen molar-refractivity contribution in [2.45, 2.75) is 58.0 Å². The summed E-state index contributed by atoms with van der Waals surface area (Å²) >= 11 is 0. The molecule has 0 amide bonds. The topological polar surface area (TPSA) is 57.5 Å². The van der Waals surface area contributed by atoms with Gasteiger partial charge in [-0.2, -0.15) is 0 Å². The van der Waals surface area contributed by atoms with Gasteiger partial charge in [0.15, 0.2) is 5.60 Å². The second-order valence-corrected chi connectivity index (χ2v) is 3.74. The average Bonchev–Trinajstić information content (AvgIpc) is 2.03. The molecule has 0 fully saturated rings. The van der Waals surface area contributed by atoms with Gasteiger partial charge in [0, 0.05) is 0 Å². The van der Waals surface area contributed by atoms with Crippen LogP contribution in [0.15, 0.2) is 0 Å². The largest absolute Gasteiger partial charge is 0.479 e. The van der Waals surface area contributed by atoms with Crippen molar-refractivity contribution in [2.75, 3.05) is 0 Å². The molecule has 0 radical (unpaired) electrons. The van der Waals surface area contributed by atoms with Gasteiger partial charge in [-0.15, -0.1) is 0 Å². The van der Waals surface area contributed by atoms with Crippen molar-refractivity contribution in [1.82, 2.24) is 0 Å². The summed E-state index contributed by atoms with van der Waals surface area (Å²) in [6, 6.07) is 0. The van der Waals surface area contributed by atoms with Crippen LogP contribution < -0.4 is 0 Å². The molecule has 0 aromatic carbocycles. The second kappa shape index (κ2) is 5.97. The molecule has 3 heteroatoms. The van der Waals surface area contributed by atoms with Gasteiger partial charge in [0.25, 0.3) is 0 Å². The highest BCUT2D eigenvalue weighted by molar-refractivity contribution is 5.76. The Kier molecular flexibility index (Phi) is 5.71. The summed E-state index contributed by atoms with van der Waals surface area (Å²) in [5.74, 6) is -1.12. The van der Waals surface area contributed by atoms with Crippen molar-refractivity contribution in [3.05, 3.63) is 0 Å². The molecule has 2 N–H and O–H groups in total. The molecular formula is C10H20O3. The molecule has 0 bridgehead atoms. The molecule has 1 unspecified atom stereocenters. The smallest absolute Gasteiger partial charge is 0.335 e. The van der Waals surface area contributed by atoms with Gasteiger partial charge in [0.2, 0.25) is 0 Å². The van der Waals surface area contributed by atoms with E-state index in [4.69, 9.17) is 5.11 Å². The molecule has 78 valence electrons. The first kappa shape index (κ1) is 12.4. The van der Waals surface area contributed by atoms with Crippen LogP contribution in [0.2, 0.25) is 0 Å². The predicted octanol–water partition coefficient (Wildman–Crippen LogP) is 2.18. The van der Waals surface area contributed by atoms with Crippen LogP contribution in [0.25, 0.3) is 0 Å². The van der Waals surface area contributed by atoms with Crippen molar-refractivity contribution >= 4 is 5.97 Å². The zero-order valence-electron chi connectivity index (χ0n) is 8.55. The van der Waals surface area contributed by atoms with E-state index in [0.717, 1.165) is 19.3 Å². The minimum atomic E-state index is -1.54. The van der Waals surface area contributed by atoms with Gasteiger partial charge in [-0.05, 0) is 19.8 Å². The molecule has 0 rings (SSSR count). The van der Waals surface area contributed by atoms with Crippen LogP contribution >= 0.6 is 0 Å². The van der Waals surface area contributed by atoms with Crippen LogP contribution in [0, 0.1) is 0 Å². The molecular weight excluding hydrogens is 168 g/mol. The molecule has 0 aliphatic carbocycles. The molecule has 0 heterocycles. The summed E-state index contributed by atoms with van der Waals surface area (Å²) in [6.07, 6.45) is 5.65. The quantitative estimate of drug-likeness (QED) is 0.602. The van der Waals surface area contributed by atoms with E-state index < -0.39 is 11.6 Å². The molecule has 0 saturated carbocycles. The Hall–Kier alpha value is -0.570. The monoisotopic (exact) mass is 188 g/mol. The van der Waals surface area contributed by atoms with E-state index in [1.807, 2.05) is 0 Å². The van der Waals surface area contributed by atoms with Crippen molar-refractivity contribution in [3.8, 4) is 0 Å². The summed E-state index contributed by atoms with van der Waals surface area (Å²) in [7, 11) is 0. The lowest BCUT2D eigenvalue weighted by Gasteiger charge is -2.17. The van der Waals surface area contributed by atoms with E-state index in [1.54, 1.807) is 0 Å². The number of hydrogen-bond donors (Lipinski definition) is 2. The third-order valence-corrected chi connectivity index (χ3v) is 2.23. The normalized spacial score (nSPS) is 15.3. The van der Waals surface area contributed by atoms with E-state index in [9.17, 15) is 9.90 Å². The Morgan fingerprint density at radius 2 is 1.77 bits per heavy atom. The first-order valence-corrected chi connectivity index (χ1v) is 4.96. The van der Waals surface area contributed by atoms with Gasteiger partial charge in [0.1, 0.15) is 0 Å². The minimum Gasteiger partial charge on any atom is -0.479 e. The highest BCUT2D eigenvalue weighted by Crippen LogP contribution is 2.15. The fourth-order valence-electron chi connectivity index (χ4n) is 1.18. The molecule has 0 aromatic rings. The maximum absolute atomic E-state index is 10.5. The van der Waals surface area contributed by atoms with Crippen molar-refractivity contribution in [1.29, 1.82) is 0 Å². The predicted molar refractivity (Wildman–Crippen MR) is 51.6 cm³/mol. The van der Waals surface area contributed by atoms with Crippen LogP contribution in [0.1, 0.15) is 52.4 Å². The van der Waals surface area contributed by atoms with Crippen LogP contribution in [-0.2, 0) is 4.79 Å². The van der Waals surface area contributed by atoms with Gasteiger partial charge in [-0.1, -0.05) is 32.6 Å². The Morgan fingerprint density at radius 3 is 2.23 bits per heavy atom. The van der Waals surface area contributed by atoms with E-state index in [1.165, 1.54) is 19.8 Å². The lowest BCUT2D eigenvalue weighted by Crippen LogP contribution is -2.34. The SMILES string of the molecule is CCCCCCCC(C)(O)C(=O)O. The summed E-state index contributed by atoms with van der Waals surface area (Å²) in [5, 5.41) is 17.9. The Bertz CT molecular complexity index is 152. The highest BCUT2D eigenvalue weighted by Gasteiger charge is 2.28. The molecule has 0 spiro atoms. The molecule has 3 nitrogen and oxygen atoms in total. The molecule has 1 atom stereocenters. The number of aliphatic carboxylic acids is 1. The third-order valence-electron chi connectivity index (χ3n) is 2.23. The molecule has 0 aromatic heterocycles. The molecule has 0 saturated heterocycles. The van der Waals surface area contributed by atoms with Gasteiger partial charge in [-0.25, -0.2) is 4.79 Å². The van der Waals surface area contributed by atoms with Gasteiger partial charge < -0.3 is 10.2 Å². The average molecular weight is 188 g/mol. The minimum absolute atomic E-state index is 0.353. The zero-order valence-corrected chi connectivity index (χ0v) is 8.55. The fourth-order valence-corrected chi connectivity index (χ4v) is 1.18. The number of unbranched alkanes of at least 4 members (excludes halogenated alkanes) is 4. The molecule has 0 aliphatic rings. The summed E-state index contributed by atoms with van der Waals surface area (Å²) in [5.41, 5.74) is -1.54. The maximum Gasteiger partial charge on any atom is 0.335 e. The number of carboxylic acid groups (broad SMARTS) is 1. The fraction of sp³-hybridized carbons (Fsp3) is 0.900. The Balaban J connectivity index is 3.46. The van der Waals surface area contributed by atoms with Gasteiger partial charge in [-0.3, -0.25) is 0 Å². The number of hydrogen-bond acceptors (Lipinski definition) is 2. The first-order valence-electron chi connectivity index (χ1n) is 4.96. The maximum atomic E-state index is 10.5.